The van der Waals surface area contributed by atoms with Crippen LogP contribution in [0.1, 0.15) is 13.8 Å². The first-order valence-corrected chi connectivity index (χ1v) is 4.31. The quantitative estimate of drug-likeness (QED) is 0.395. The van der Waals surface area contributed by atoms with E-state index in [-0.39, 0.29) is 13.2 Å². The maximum Gasteiger partial charge on any atom is 0.333 e. The van der Waals surface area contributed by atoms with E-state index >= 15 is 0 Å². The Hall–Kier alpha value is -1.29. The van der Waals surface area contributed by atoms with Gasteiger partial charge in [0.15, 0.2) is 0 Å². The molecule has 0 saturated carbocycles. The third kappa shape index (κ3) is 6.25. The van der Waals surface area contributed by atoms with Crippen LogP contribution in [-0.4, -0.2) is 30.4 Å². The molecule has 0 heterocycles. The van der Waals surface area contributed by atoms with Crippen molar-refractivity contribution in [3.63, 3.8) is 0 Å². The zero-order valence-electron chi connectivity index (χ0n) is 8.53. The summed E-state index contributed by atoms with van der Waals surface area (Å²) in [4.78, 5) is 10.9. The number of aliphatic hydroxyl groups excluding tert-OH is 1. The number of carbonyl (C=O) groups is 1. The third-order valence-corrected chi connectivity index (χ3v) is 1.28. The molecule has 4 heteroatoms. The van der Waals surface area contributed by atoms with Crippen LogP contribution >= 0.6 is 0 Å². The van der Waals surface area contributed by atoms with Gasteiger partial charge in [-0.3, -0.25) is 0 Å². The van der Waals surface area contributed by atoms with Crippen molar-refractivity contribution in [3.8, 4) is 0 Å². The van der Waals surface area contributed by atoms with Gasteiger partial charge in [0.25, 0.3) is 0 Å². The summed E-state index contributed by atoms with van der Waals surface area (Å²) in [6, 6.07) is 0. The zero-order chi connectivity index (χ0) is 11.0. The molecule has 0 rings (SSSR count). The van der Waals surface area contributed by atoms with E-state index in [2.05, 4.69) is 6.58 Å². The van der Waals surface area contributed by atoms with Crippen LogP contribution in [-0.2, 0) is 14.3 Å². The second-order valence-corrected chi connectivity index (χ2v) is 2.84. The molecule has 0 aromatic rings. The van der Waals surface area contributed by atoms with E-state index in [9.17, 15) is 9.90 Å². The van der Waals surface area contributed by atoms with Crippen molar-refractivity contribution in [2.45, 2.75) is 20.0 Å². The van der Waals surface area contributed by atoms with Gasteiger partial charge in [0.1, 0.15) is 19.3 Å². The number of rotatable bonds is 6. The van der Waals surface area contributed by atoms with Gasteiger partial charge in [-0.25, -0.2) is 4.79 Å². The molecule has 0 aliphatic rings. The number of aliphatic hydroxyl groups is 1. The molecule has 0 aromatic carbocycles. The van der Waals surface area contributed by atoms with E-state index in [0.717, 1.165) is 0 Å². The number of ether oxygens (including phenoxy) is 2. The lowest BCUT2D eigenvalue weighted by Gasteiger charge is -2.10. The predicted octanol–water partition coefficient (Wildman–Crippen LogP) is 1.02. The average molecular weight is 200 g/mol. The summed E-state index contributed by atoms with van der Waals surface area (Å²) in [6.07, 6.45) is 2.35. The Morgan fingerprint density at radius 2 is 2.21 bits per heavy atom. The normalized spacial score (nSPS) is 12.5. The molecule has 4 nitrogen and oxygen atoms in total. The van der Waals surface area contributed by atoms with Gasteiger partial charge in [0, 0.05) is 5.57 Å². The van der Waals surface area contributed by atoms with Crippen LogP contribution in [0.25, 0.3) is 0 Å². The first kappa shape index (κ1) is 12.7. The van der Waals surface area contributed by atoms with Gasteiger partial charge in [-0.1, -0.05) is 12.7 Å². The van der Waals surface area contributed by atoms with Gasteiger partial charge >= 0.3 is 5.97 Å². The van der Waals surface area contributed by atoms with Crippen LogP contribution < -0.4 is 0 Å². The summed E-state index contributed by atoms with van der Waals surface area (Å²) < 4.78 is 9.60. The fourth-order valence-corrected chi connectivity index (χ4v) is 0.606. The molecule has 0 aliphatic heterocycles. The van der Waals surface area contributed by atoms with Gasteiger partial charge in [-0.2, -0.15) is 0 Å². The first-order chi connectivity index (χ1) is 6.57. The van der Waals surface area contributed by atoms with Crippen LogP contribution in [0.2, 0.25) is 0 Å². The molecule has 0 aromatic heterocycles. The zero-order valence-corrected chi connectivity index (χ0v) is 8.53. The summed E-state index contributed by atoms with van der Waals surface area (Å²) in [6.45, 7) is 6.78. The van der Waals surface area contributed by atoms with E-state index in [1.54, 1.807) is 19.9 Å². The predicted molar refractivity (Wildman–Crippen MR) is 52.5 cm³/mol. The monoisotopic (exact) mass is 200 g/mol. The SMILES string of the molecule is C=C(C)C(=O)OCC(O)CO/C=C/C. The fourth-order valence-electron chi connectivity index (χ4n) is 0.606. The fraction of sp³-hybridized carbons (Fsp3) is 0.500. The minimum absolute atomic E-state index is 0.0801. The van der Waals surface area contributed by atoms with E-state index in [0.29, 0.717) is 5.57 Å². The number of hydrogen-bond donors (Lipinski definition) is 1. The van der Waals surface area contributed by atoms with Crippen molar-refractivity contribution < 1.29 is 19.4 Å². The molecule has 0 spiro atoms. The minimum atomic E-state index is -0.811. The summed E-state index contributed by atoms with van der Waals surface area (Å²) in [5.41, 5.74) is 0.312. The van der Waals surface area contributed by atoms with Crippen molar-refractivity contribution in [1.29, 1.82) is 0 Å². The maximum atomic E-state index is 10.9. The highest BCUT2D eigenvalue weighted by molar-refractivity contribution is 5.86. The molecule has 1 unspecified atom stereocenters. The second kappa shape index (κ2) is 7.15. The smallest absolute Gasteiger partial charge is 0.333 e. The largest absolute Gasteiger partial charge is 0.499 e. The number of hydrogen-bond acceptors (Lipinski definition) is 4. The number of esters is 1. The van der Waals surface area contributed by atoms with E-state index in [4.69, 9.17) is 9.47 Å². The molecule has 0 saturated heterocycles. The molecule has 0 amide bonds. The summed E-state index contributed by atoms with van der Waals surface area (Å²) in [5, 5.41) is 9.24. The van der Waals surface area contributed by atoms with Gasteiger partial charge in [-0.05, 0) is 13.8 Å². The molecule has 0 aliphatic carbocycles. The Bertz CT molecular complexity index is 220. The molecule has 0 fully saturated rings. The van der Waals surface area contributed by atoms with E-state index in [1.807, 2.05) is 0 Å². The lowest BCUT2D eigenvalue weighted by Crippen LogP contribution is -2.23. The minimum Gasteiger partial charge on any atom is -0.499 e. The van der Waals surface area contributed by atoms with Crippen molar-refractivity contribution in [1.82, 2.24) is 0 Å². The Kier molecular flexibility index (Phi) is 6.49. The van der Waals surface area contributed by atoms with Crippen LogP contribution in [0.15, 0.2) is 24.5 Å². The molecular weight excluding hydrogens is 184 g/mol. The van der Waals surface area contributed by atoms with Crippen molar-refractivity contribution >= 4 is 5.97 Å². The van der Waals surface area contributed by atoms with E-state index < -0.39 is 12.1 Å². The molecule has 14 heavy (non-hydrogen) atoms. The summed E-state index contributed by atoms with van der Waals surface area (Å²) >= 11 is 0. The maximum absolute atomic E-state index is 10.9. The third-order valence-electron chi connectivity index (χ3n) is 1.28. The highest BCUT2D eigenvalue weighted by Crippen LogP contribution is 1.95. The standard InChI is InChI=1S/C10H16O4/c1-4-5-13-6-9(11)7-14-10(12)8(2)3/h4-5,9,11H,2,6-7H2,1,3H3/b5-4+. The van der Waals surface area contributed by atoms with Crippen LogP contribution in [0.5, 0.6) is 0 Å². The van der Waals surface area contributed by atoms with Gasteiger partial charge in [0.2, 0.25) is 0 Å². The highest BCUT2D eigenvalue weighted by atomic mass is 16.5. The Morgan fingerprint density at radius 1 is 1.57 bits per heavy atom. The van der Waals surface area contributed by atoms with Crippen molar-refractivity contribution in [2.75, 3.05) is 13.2 Å². The molecule has 1 atom stereocenters. The Labute approximate surface area is 83.8 Å². The van der Waals surface area contributed by atoms with Crippen LogP contribution in [0, 0.1) is 0 Å². The lowest BCUT2D eigenvalue weighted by atomic mass is 10.3. The van der Waals surface area contributed by atoms with Crippen LogP contribution in [0.3, 0.4) is 0 Å². The summed E-state index contributed by atoms with van der Waals surface area (Å²) in [5.74, 6) is -0.505. The number of allylic oxidation sites excluding steroid dienone is 1. The van der Waals surface area contributed by atoms with Gasteiger partial charge in [-0.15, -0.1) is 0 Å². The average Bonchev–Trinajstić information content (AvgIpc) is 2.14. The number of carbonyl (C=O) groups excluding carboxylic acids is 1. The molecular formula is C10H16O4. The van der Waals surface area contributed by atoms with Gasteiger partial charge < -0.3 is 14.6 Å². The lowest BCUT2D eigenvalue weighted by molar-refractivity contribution is -0.142. The summed E-state index contributed by atoms with van der Waals surface area (Å²) in [7, 11) is 0. The second-order valence-electron chi connectivity index (χ2n) is 2.84. The molecule has 0 radical (unpaired) electrons. The molecule has 1 N–H and O–H groups in total. The van der Waals surface area contributed by atoms with Crippen molar-refractivity contribution in [3.05, 3.63) is 24.5 Å². The molecule has 0 bridgehead atoms. The van der Waals surface area contributed by atoms with Crippen LogP contribution in [0.4, 0.5) is 0 Å². The molecule has 80 valence electrons. The van der Waals surface area contributed by atoms with E-state index in [1.165, 1.54) is 6.26 Å². The highest BCUT2D eigenvalue weighted by Gasteiger charge is 2.08. The van der Waals surface area contributed by atoms with Crippen molar-refractivity contribution in [2.24, 2.45) is 0 Å². The first-order valence-electron chi connectivity index (χ1n) is 4.31. The Morgan fingerprint density at radius 3 is 2.71 bits per heavy atom. The topological polar surface area (TPSA) is 55.8 Å². The van der Waals surface area contributed by atoms with Gasteiger partial charge in [0.05, 0.1) is 6.26 Å². The Balaban J connectivity index is 3.58.